The summed E-state index contributed by atoms with van der Waals surface area (Å²) in [6.07, 6.45) is 2.47. The second-order valence-electron chi connectivity index (χ2n) is 7.55. The molecule has 0 aromatic heterocycles. The molecule has 6 heteroatoms. The number of aliphatic hydroxyl groups is 1. The maximum absolute atomic E-state index is 12.9. The van der Waals surface area contributed by atoms with Gasteiger partial charge >= 0.3 is 6.03 Å². The summed E-state index contributed by atoms with van der Waals surface area (Å²) >= 11 is 0. The number of urea groups is 1. The molecule has 0 radical (unpaired) electrons. The number of aliphatic hydroxyl groups excluding tert-OH is 1. The van der Waals surface area contributed by atoms with Gasteiger partial charge in [0.2, 0.25) is 0 Å². The molecule has 1 aromatic rings. The molecule has 1 aliphatic heterocycles. The summed E-state index contributed by atoms with van der Waals surface area (Å²) in [4.78, 5) is 26.8. The molecule has 1 saturated heterocycles. The highest BCUT2D eigenvalue weighted by Crippen LogP contribution is 2.35. The molecule has 0 spiro atoms. The van der Waals surface area contributed by atoms with Gasteiger partial charge in [0.15, 0.2) is 0 Å². The lowest BCUT2D eigenvalue weighted by atomic mass is 9.87. The molecule has 1 aromatic carbocycles. The first-order chi connectivity index (χ1) is 12.3. The molecule has 3 amide bonds. The third-order valence-electron chi connectivity index (χ3n) is 5.00. The van der Waals surface area contributed by atoms with Crippen LogP contribution in [-0.2, 0) is 0 Å². The highest BCUT2D eigenvalue weighted by Gasteiger charge is 2.43. The van der Waals surface area contributed by atoms with Crippen molar-refractivity contribution in [3.8, 4) is 0 Å². The first-order valence-corrected chi connectivity index (χ1v) is 9.41. The van der Waals surface area contributed by atoms with Gasteiger partial charge in [0.1, 0.15) is 0 Å². The smallest absolute Gasteiger partial charge is 0.322 e. The SMILES string of the molecule is CCNC(=O)c1ccc(C)c(NC(=O)N2CCCC2(CO)CC(C)C)c1. The molecular weight excluding hydrogens is 330 g/mol. The number of carbonyl (C=O) groups excluding carboxylic acids is 2. The quantitative estimate of drug-likeness (QED) is 0.728. The Kier molecular flexibility index (Phi) is 6.64. The van der Waals surface area contributed by atoms with Gasteiger partial charge < -0.3 is 20.6 Å². The number of rotatable bonds is 6. The van der Waals surface area contributed by atoms with Crippen LogP contribution in [0.5, 0.6) is 0 Å². The monoisotopic (exact) mass is 361 g/mol. The van der Waals surface area contributed by atoms with Gasteiger partial charge in [-0.25, -0.2) is 4.79 Å². The van der Waals surface area contributed by atoms with Crippen molar-refractivity contribution in [2.24, 2.45) is 5.92 Å². The molecule has 6 nitrogen and oxygen atoms in total. The number of amides is 3. The van der Waals surface area contributed by atoms with E-state index in [2.05, 4.69) is 24.5 Å². The normalized spacial score (nSPS) is 19.7. The standard InChI is InChI=1S/C20H31N3O3/c1-5-21-18(25)16-8-7-15(4)17(11-16)22-19(26)23-10-6-9-20(23,13-24)12-14(2)3/h7-8,11,14,24H,5-6,9-10,12-13H2,1-4H3,(H,21,25)(H,22,26). The Morgan fingerprint density at radius 2 is 2.08 bits per heavy atom. The molecule has 3 N–H and O–H groups in total. The average molecular weight is 361 g/mol. The van der Waals surface area contributed by atoms with E-state index in [0.717, 1.165) is 24.8 Å². The zero-order valence-corrected chi connectivity index (χ0v) is 16.3. The van der Waals surface area contributed by atoms with Crippen molar-refractivity contribution in [2.75, 3.05) is 25.0 Å². The average Bonchev–Trinajstić information content (AvgIpc) is 3.00. The largest absolute Gasteiger partial charge is 0.394 e. The summed E-state index contributed by atoms with van der Waals surface area (Å²) in [7, 11) is 0. The van der Waals surface area contributed by atoms with Crippen LogP contribution < -0.4 is 10.6 Å². The van der Waals surface area contributed by atoms with Crippen molar-refractivity contribution < 1.29 is 14.7 Å². The first-order valence-electron chi connectivity index (χ1n) is 9.41. The summed E-state index contributed by atoms with van der Waals surface area (Å²) in [5.41, 5.74) is 1.54. The lowest BCUT2D eigenvalue weighted by Crippen LogP contribution is -2.52. The Morgan fingerprint density at radius 3 is 2.69 bits per heavy atom. The second kappa shape index (κ2) is 8.54. The zero-order valence-electron chi connectivity index (χ0n) is 16.3. The number of anilines is 1. The third-order valence-corrected chi connectivity index (χ3v) is 5.00. The maximum Gasteiger partial charge on any atom is 0.322 e. The third kappa shape index (κ3) is 4.36. The van der Waals surface area contributed by atoms with Crippen LogP contribution in [0, 0.1) is 12.8 Å². The van der Waals surface area contributed by atoms with E-state index < -0.39 is 5.54 Å². The lowest BCUT2D eigenvalue weighted by molar-refractivity contribution is 0.0727. The van der Waals surface area contributed by atoms with Crippen molar-refractivity contribution >= 4 is 17.6 Å². The topological polar surface area (TPSA) is 81.7 Å². The van der Waals surface area contributed by atoms with Gasteiger partial charge in [-0.05, 0) is 56.7 Å². The molecule has 1 aliphatic rings. The summed E-state index contributed by atoms with van der Waals surface area (Å²) in [6.45, 7) is 9.12. The Labute approximate surface area is 156 Å². The number of likely N-dealkylation sites (tertiary alicyclic amines) is 1. The number of nitrogens with one attached hydrogen (secondary N) is 2. The molecule has 1 atom stereocenters. The van der Waals surface area contributed by atoms with Crippen molar-refractivity contribution in [1.29, 1.82) is 0 Å². The number of benzene rings is 1. The number of hydrogen-bond acceptors (Lipinski definition) is 3. The van der Waals surface area contributed by atoms with E-state index >= 15 is 0 Å². The van der Waals surface area contributed by atoms with E-state index in [4.69, 9.17) is 0 Å². The lowest BCUT2D eigenvalue weighted by Gasteiger charge is -2.38. The summed E-state index contributed by atoms with van der Waals surface area (Å²) in [5.74, 6) is 0.229. The van der Waals surface area contributed by atoms with Gasteiger partial charge in [-0.1, -0.05) is 19.9 Å². The van der Waals surface area contributed by atoms with E-state index in [-0.39, 0.29) is 18.5 Å². The minimum absolute atomic E-state index is 0.0312. The summed E-state index contributed by atoms with van der Waals surface area (Å²) in [6, 6.07) is 5.07. The predicted molar refractivity (Wildman–Crippen MR) is 103 cm³/mol. The van der Waals surface area contributed by atoms with E-state index in [1.807, 2.05) is 19.9 Å². The van der Waals surface area contributed by atoms with Crippen LogP contribution in [0.4, 0.5) is 10.5 Å². The summed E-state index contributed by atoms with van der Waals surface area (Å²) in [5, 5.41) is 15.7. The second-order valence-corrected chi connectivity index (χ2v) is 7.55. The van der Waals surface area contributed by atoms with Gasteiger partial charge in [-0.2, -0.15) is 0 Å². The molecule has 1 unspecified atom stereocenters. The van der Waals surface area contributed by atoms with E-state index in [0.29, 0.717) is 30.3 Å². The molecule has 0 saturated carbocycles. The summed E-state index contributed by atoms with van der Waals surface area (Å²) < 4.78 is 0. The fourth-order valence-corrected chi connectivity index (χ4v) is 3.80. The van der Waals surface area contributed by atoms with Gasteiger partial charge in [-0.3, -0.25) is 4.79 Å². The van der Waals surface area contributed by atoms with Crippen LogP contribution in [0.1, 0.15) is 56.0 Å². The number of carbonyl (C=O) groups is 2. The van der Waals surface area contributed by atoms with Crippen LogP contribution in [-0.4, -0.2) is 47.2 Å². The molecule has 0 aliphatic carbocycles. The van der Waals surface area contributed by atoms with Crippen molar-refractivity contribution in [1.82, 2.24) is 10.2 Å². The van der Waals surface area contributed by atoms with Gasteiger partial charge in [0, 0.05) is 24.3 Å². The molecular formula is C20H31N3O3. The molecule has 144 valence electrons. The number of aryl methyl sites for hydroxylation is 1. The Balaban J connectivity index is 2.21. The van der Waals surface area contributed by atoms with E-state index in [1.165, 1.54) is 0 Å². The maximum atomic E-state index is 12.9. The molecule has 1 heterocycles. The van der Waals surface area contributed by atoms with E-state index in [1.54, 1.807) is 17.0 Å². The molecule has 1 fully saturated rings. The minimum Gasteiger partial charge on any atom is -0.394 e. The zero-order chi connectivity index (χ0) is 19.3. The molecule has 0 bridgehead atoms. The van der Waals surface area contributed by atoms with Gasteiger partial charge in [0.25, 0.3) is 5.91 Å². The fourth-order valence-electron chi connectivity index (χ4n) is 3.80. The fraction of sp³-hybridized carbons (Fsp3) is 0.600. The highest BCUT2D eigenvalue weighted by molar-refractivity contribution is 5.97. The van der Waals surface area contributed by atoms with Crippen molar-refractivity contribution in [3.63, 3.8) is 0 Å². The van der Waals surface area contributed by atoms with Crippen LogP contribution in [0.2, 0.25) is 0 Å². The molecule has 2 rings (SSSR count). The highest BCUT2D eigenvalue weighted by atomic mass is 16.3. The van der Waals surface area contributed by atoms with Crippen LogP contribution in [0.3, 0.4) is 0 Å². The number of hydrogen-bond donors (Lipinski definition) is 3. The Bertz CT molecular complexity index is 660. The Morgan fingerprint density at radius 1 is 1.35 bits per heavy atom. The predicted octanol–water partition coefficient (Wildman–Crippen LogP) is 3.15. The van der Waals surface area contributed by atoms with Gasteiger partial charge in [0.05, 0.1) is 12.1 Å². The number of nitrogens with zero attached hydrogens (tertiary/aromatic N) is 1. The van der Waals surface area contributed by atoms with Crippen molar-refractivity contribution in [2.45, 2.75) is 52.5 Å². The van der Waals surface area contributed by atoms with E-state index in [9.17, 15) is 14.7 Å². The first kappa shape index (κ1) is 20.2. The van der Waals surface area contributed by atoms with Gasteiger partial charge in [-0.15, -0.1) is 0 Å². The van der Waals surface area contributed by atoms with Crippen LogP contribution in [0.15, 0.2) is 18.2 Å². The minimum atomic E-state index is -0.497. The molecule has 26 heavy (non-hydrogen) atoms. The van der Waals surface area contributed by atoms with Crippen LogP contribution in [0.25, 0.3) is 0 Å². The Hall–Kier alpha value is -2.08. The van der Waals surface area contributed by atoms with Crippen molar-refractivity contribution in [3.05, 3.63) is 29.3 Å². The van der Waals surface area contributed by atoms with Crippen LogP contribution >= 0.6 is 0 Å².